The molecule has 86 valence electrons. The van der Waals surface area contributed by atoms with Crippen LogP contribution >= 0.6 is 11.6 Å². The van der Waals surface area contributed by atoms with Crippen LogP contribution in [0, 0.1) is 0 Å². The van der Waals surface area contributed by atoms with Crippen molar-refractivity contribution < 1.29 is 17.6 Å². The van der Waals surface area contributed by atoms with E-state index in [0.29, 0.717) is 0 Å². The molecule has 0 radical (unpaired) electrons. The molecule has 0 aliphatic heterocycles. The minimum absolute atomic E-state index is 0.0979. The van der Waals surface area contributed by atoms with Crippen molar-refractivity contribution in [3.8, 4) is 0 Å². The summed E-state index contributed by atoms with van der Waals surface area (Å²) in [5.74, 6) is 0.0979. The Labute approximate surface area is 89.0 Å². The monoisotopic (exact) mass is 243 g/mol. The van der Waals surface area contributed by atoms with Crippen molar-refractivity contribution in [2.75, 3.05) is 18.5 Å². The molecule has 1 atom stereocenters. The highest BCUT2D eigenvalue weighted by molar-refractivity contribution is 6.20. The number of hydrogen-bond donors (Lipinski definition) is 0. The first-order valence-corrected chi connectivity index (χ1v) is 4.48. The molecule has 0 fully saturated rings. The van der Waals surface area contributed by atoms with E-state index < -0.39 is 18.1 Å². The molecule has 0 saturated heterocycles. The topological polar surface area (TPSA) is 42.2 Å². The van der Waals surface area contributed by atoms with Crippen LogP contribution in [-0.4, -0.2) is 30.0 Å². The predicted molar refractivity (Wildman–Crippen MR) is 47.9 cm³/mol. The Morgan fingerprint density at radius 3 is 2.47 bits per heavy atom. The summed E-state index contributed by atoms with van der Waals surface area (Å²) in [7, 11) is 1.21. The van der Waals surface area contributed by atoms with Crippen molar-refractivity contribution >= 4 is 17.6 Å². The molecule has 1 heterocycles. The fourth-order valence-electron chi connectivity index (χ4n) is 0.878. The van der Waals surface area contributed by atoms with Crippen LogP contribution in [0.5, 0.6) is 0 Å². The van der Waals surface area contributed by atoms with E-state index in [9.17, 15) is 13.2 Å². The summed E-state index contributed by atoms with van der Waals surface area (Å²) in [6.45, 7) is 0.438. The zero-order valence-corrected chi connectivity index (χ0v) is 8.80. The Hall–Kier alpha value is -0.980. The maximum absolute atomic E-state index is 12.0. The lowest BCUT2D eigenvalue weighted by atomic mass is 10.5. The van der Waals surface area contributed by atoms with Gasteiger partial charge in [0, 0.05) is 7.05 Å². The molecule has 1 rings (SSSR count). The normalized spacial score (nSPS) is 14.0. The molecule has 1 aromatic heterocycles. The van der Waals surface area contributed by atoms with E-state index in [1.165, 1.54) is 7.05 Å². The van der Waals surface area contributed by atoms with Crippen LogP contribution in [0.25, 0.3) is 0 Å². The standard InChI is InChI=1S/C7H9ClF3N3O/c1-4(8)5-12-13-6(15-5)14(2)3-7(9,10)11/h4H,3H2,1-2H3. The van der Waals surface area contributed by atoms with Crippen LogP contribution in [0.1, 0.15) is 18.2 Å². The molecule has 0 spiro atoms. The molecule has 4 nitrogen and oxygen atoms in total. The molecule has 1 unspecified atom stereocenters. The molecule has 8 heteroatoms. The first kappa shape index (κ1) is 12.1. The number of hydrogen-bond acceptors (Lipinski definition) is 4. The second-order valence-electron chi connectivity index (χ2n) is 3.01. The van der Waals surface area contributed by atoms with Gasteiger partial charge < -0.3 is 9.32 Å². The van der Waals surface area contributed by atoms with E-state index in [1.807, 2.05) is 0 Å². The molecule has 0 bridgehead atoms. The zero-order chi connectivity index (χ0) is 11.6. The van der Waals surface area contributed by atoms with E-state index in [4.69, 9.17) is 16.0 Å². The molecule has 0 aliphatic carbocycles. The van der Waals surface area contributed by atoms with Crippen molar-refractivity contribution in [2.24, 2.45) is 0 Å². The third-order valence-electron chi connectivity index (χ3n) is 1.51. The molecule has 0 amide bonds. The van der Waals surface area contributed by atoms with Gasteiger partial charge >= 0.3 is 12.2 Å². The SMILES string of the molecule is CC(Cl)c1nnc(N(C)CC(F)(F)F)o1. The molecular weight excluding hydrogens is 235 g/mol. The number of anilines is 1. The van der Waals surface area contributed by atoms with Gasteiger partial charge in [0.1, 0.15) is 11.9 Å². The van der Waals surface area contributed by atoms with Gasteiger partial charge in [-0.1, -0.05) is 5.10 Å². The van der Waals surface area contributed by atoms with Gasteiger partial charge in [0.05, 0.1) is 0 Å². The van der Waals surface area contributed by atoms with Crippen LogP contribution < -0.4 is 4.90 Å². The van der Waals surface area contributed by atoms with Crippen molar-refractivity contribution in [3.63, 3.8) is 0 Å². The van der Waals surface area contributed by atoms with E-state index >= 15 is 0 Å². The second-order valence-corrected chi connectivity index (χ2v) is 3.66. The largest absolute Gasteiger partial charge is 0.406 e. The lowest BCUT2D eigenvalue weighted by Crippen LogP contribution is -2.31. The zero-order valence-electron chi connectivity index (χ0n) is 8.05. The van der Waals surface area contributed by atoms with Crippen molar-refractivity contribution in [1.29, 1.82) is 0 Å². The Kier molecular flexibility index (Phi) is 3.43. The van der Waals surface area contributed by atoms with Crippen LogP contribution in [0.4, 0.5) is 19.2 Å². The lowest BCUT2D eigenvalue weighted by Gasteiger charge is -2.15. The van der Waals surface area contributed by atoms with Gasteiger partial charge in [-0.05, 0) is 6.92 Å². The first-order valence-electron chi connectivity index (χ1n) is 4.05. The highest BCUT2D eigenvalue weighted by Crippen LogP contribution is 2.23. The molecule has 0 aromatic carbocycles. The van der Waals surface area contributed by atoms with E-state index in [2.05, 4.69) is 10.2 Å². The fourth-order valence-corrected chi connectivity index (χ4v) is 0.966. The van der Waals surface area contributed by atoms with Crippen molar-refractivity contribution in [3.05, 3.63) is 5.89 Å². The Balaban J connectivity index is 2.70. The van der Waals surface area contributed by atoms with Gasteiger partial charge in [-0.25, -0.2) is 0 Å². The maximum atomic E-state index is 12.0. The number of alkyl halides is 4. The van der Waals surface area contributed by atoms with E-state index in [1.54, 1.807) is 6.92 Å². The molecule has 0 saturated carbocycles. The number of aromatic nitrogens is 2. The Morgan fingerprint density at radius 1 is 1.47 bits per heavy atom. The summed E-state index contributed by atoms with van der Waals surface area (Å²) in [4.78, 5) is 0.815. The third kappa shape index (κ3) is 3.58. The summed E-state index contributed by atoms with van der Waals surface area (Å²) >= 11 is 5.62. The predicted octanol–water partition coefficient (Wildman–Crippen LogP) is 2.37. The quantitative estimate of drug-likeness (QED) is 0.765. The fraction of sp³-hybridized carbons (Fsp3) is 0.714. The van der Waals surface area contributed by atoms with Crippen LogP contribution in [0.3, 0.4) is 0 Å². The van der Waals surface area contributed by atoms with Gasteiger partial charge in [0.2, 0.25) is 5.89 Å². The van der Waals surface area contributed by atoms with Crippen LogP contribution in [0.2, 0.25) is 0 Å². The molecule has 0 aliphatic rings. The molecule has 15 heavy (non-hydrogen) atoms. The van der Waals surface area contributed by atoms with Gasteiger partial charge in [-0.3, -0.25) is 0 Å². The minimum atomic E-state index is -4.31. The van der Waals surface area contributed by atoms with Crippen molar-refractivity contribution in [2.45, 2.75) is 18.5 Å². The summed E-state index contributed by atoms with van der Waals surface area (Å²) in [5.41, 5.74) is 0. The average molecular weight is 244 g/mol. The van der Waals surface area contributed by atoms with E-state index in [0.717, 1.165) is 4.90 Å². The summed E-state index contributed by atoms with van der Waals surface area (Å²) in [6, 6.07) is -0.199. The maximum Gasteiger partial charge on any atom is 0.406 e. The van der Waals surface area contributed by atoms with Gasteiger partial charge in [-0.2, -0.15) is 13.2 Å². The molecule has 0 N–H and O–H groups in total. The summed E-state index contributed by atoms with van der Waals surface area (Å²) < 4.78 is 40.9. The summed E-state index contributed by atoms with van der Waals surface area (Å²) in [5, 5.41) is 6.43. The lowest BCUT2D eigenvalue weighted by molar-refractivity contribution is -0.119. The van der Waals surface area contributed by atoms with Crippen molar-refractivity contribution in [1.82, 2.24) is 10.2 Å². The highest BCUT2D eigenvalue weighted by Gasteiger charge is 2.31. The third-order valence-corrected chi connectivity index (χ3v) is 1.70. The molecule has 1 aromatic rings. The molecular formula is C7H9ClF3N3O. The number of rotatable bonds is 3. The van der Waals surface area contributed by atoms with Gasteiger partial charge in [-0.15, -0.1) is 16.7 Å². The average Bonchev–Trinajstić information content (AvgIpc) is 2.47. The highest BCUT2D eigenvalue weighted by atomic mass is 35.5. The van der Waals surface area contributed by atoms with Gasteiger partial charge in [0.15, 0.2) is 0 Å². The van der Waals surface area contributed by atoms with Crippen LogP contribution in [0.15, 0.2) is 4.42 Å². The summed E-state index contributed by atoms with van der Waals surface area (Å²) in [6.07, 6.45) is -4.31. The first-order chi connectivity index (χ1) is 6.79. The Morgan fingerprint density at radius 2 is 2.07 bits per heavy atom. The van der Waals surface area contributed by atoms with E-state index in [-0.39, 0.29) is 11.9 Å². The minimum Gasteiger partial charge on any atom is -0.406 e. The number of nitrogens with zero attached hydrogens (tertiary/aromatic N) is 3. The second kappa shape index (κ2) is 4.26. The number of halogens is 4. The van der Waals surface area contributed by atoms with Crippen LogP contribution in [-0.2, 0) is 0 Å². The smallest absolute Gasteiger partial charge is 0.406 e. The Bertz CT molecular complexity index is 326. The van der Waals surface area contributed by atoms with Gasteiger partial charge in [0.25, 0.3) is 0 Å².